The number of nitrogens with two attached hydrogens (primary N) is 1. The number of anilines is 1. The lowest BCUT2D eigenvalue weighted by molar-refractivity contribution is -0.0498. The lowest BCUT2D eigenvalue weighted by atomic mass is 10.2. The molecule has 0 heterocycles. The molecule has 4 N–H and O–H groups in total. The lowest BCUT2D eigenvalue weighted by Gasteiger charge is -2.13. The monoisotopic (exact) mass is 245 g/mol. The van der Waals surface area contributed by atoms with Crippen molar-refractivity contribution in [3.63, 3.8) is 0 Å². The van der Waals surface area contributed by atoms with Gasteiger partial charge >= 0.3 is 6.61 Å². The molecule has 17 heavy (non-hydrogen) atoms. The van der Waals surface area contributed by atoms with Crippen LogP contribution in [0, 0.1) is 0 Å². The Hall–Kier alpha value is -2.05. The van der Waals surface area contributed by atoms with Crippen molar-refractivity contribution >= 4 is 11.5 Å². The minimum absolute atomic E-state index is 0.0258. The minimum Gasteiger partial charge on any atom is -0.435 e. The van der Waals surface area contributed by atoms with E-state index in [2.05, 4.69) is 15.2 Å². The summed E-state index contributed by atoms with van der Waals surface area (Å²) in [6.45, 7) is -1.15. The maximum absolute atomic E-state index is 11.9. The number of oxime groups is 1. The molecular formula is C10H13F2N3O2. The van der Waals surface area contributed by atoms with E-state index in [4.69, 9.17) is 10.9 Å². The molecule has 0 aromatic heterocycles. The van der Waals surface area contributed by atoms with Gasteiger partial charge in [-0.1, -0.05) is 5.16 Å². The molecule has 0 radical (unpaired) electrons. The zero-order chi connectivity index (χ0) is 12.8. The number of ether oxygens (including phenoxy) is 1. The van der Waals surface area contributed by atoms with Crippen LogP contribution in [-0.4, -0.2) is 23.7 Å². The number of hydrogen-bond acceptors (Lipinski definition) is 4. The van der Waals surface area contributed by atoms with Gasteiger partial charge in [-0.2, -0.15) is 8.78 Å². The first-order valence-corrected chi connectivity index (χ1v) is 4.81. The van der Waals surface area contributed by atoms with E-state index in [0.717, 1.165) is 0 Å². The van der Waals surface area contributed by atoms with Crippen LogP contribution in [0.4, 0.5) is 14.5 Å². The van der Waals surface area contributed by atoms with Crippen LogP contribution in [0.25, 0.3) is 0 Å². The number of alkyl halides is 2. The molecule has 0 saturated carbocycles. The van der Waals surface area contributed by atoms with Gasteiger partial charge in [0.15, 0.2) is 5.84 Å². The first kappa shape index (κ1) is 13.0. The Morgan fingerprint density at radius 2 is 2.00 bits per heavy atom. The van der Waals surface area contributed by atoms with Crippen LogP contribution in [0.15, 0.2) is 29.4 Å². The van der Waals surface area contributed by atoms with E-state index in [1.807, 2.05) is 0 Å². The Balaban J connectivity index is 2.62. The second-order valence-electron chi connectivity index (χ2n) is 3.29. The predicted octanol–water partition coefficient (Wildman–Crippen LogP) is 1.83. The van der Waals surface area contributed by atoms with E-state index in [1.54, 1.807) is 19.1 Å². The first-order chi connectivity index (χ1) is 8.02. The van der Waals surface area contributed by atoms with Crippen molar-refractivity contribution in [2.75, 3.05) is 5.32 Å². The van der Waals surface area contributed by atoms with Crippen LogP contribution >= 0.6 is 0 Å². The van der Waals surface area contributed by atoms with Gasteiger partial charge in [0.1, 0.15) is 5.75 Å². The fourth-order valence-corrected chi connectivity index (χ4v) is 1.14. The fourth-order valence-electron chi connectivity index (χ4n) is 1.14. The van der Waals surface area contributed by atoms with E-state index in [-0.39, 0.29) is 17.6 Å². The third-order valence-electron chi connectivity index (χ3n) is 2.02. The van der Waals surface area contributed by atoms with E-state index in [0.29, 0.717) is 5.69 Å². The van der Waals surface area contributed by atoms with Gasteiger partial charge in [-0.05, 0) is 31.2 Å². The normalized spacial score (nSPS) is 13.5. The fraction of sp³-hybridized carbons (Fsp3) is 0.300. The van der Waals surface area contributed by atoms with Crippen molar-refractivity contribution in [2.24, 2.45) is 10.9 Å². The molecule has 1 aromatic rings. The van der Waals surface area contributed by atoms with Gasteiger partial charge in [-0.3, -0.25) is 0 Å². The highest BCUT2D eigenvalue weighted by atomic mass is 19.3. The predicted molar refractivity (Wildman–Crippen MR) is 59.6 cm³/mol. The van der Waals surface area contributed by atoms with Gasteiger partial charge in [-0.15, -0.1) is 0 Å². The average molecular weight is 245 g/mol. The summed E-state index contributed by atoms with van der Waals surface area (Å²) >= 11 is 0. The minimum atomic E-state index is -2.84. The van der Waals surface area contributed by atoms with Gasteiger partial charge in [0.25, 0.3) is 0 Å². The molecule has 0 bridgehead atoms. The maximum atomic E-state index is 11.9. The Morgan fingerprint density at radius 3 is 2.47 bits per heavy atom. The molecule has 1 unspecified atom stereocenters. The van der Waals surface area contributed by atoms with E-state index >= 15 is 0 Å². The Labute approximate surface area is 96.9 Å². The van der Waals surface area contributed by atoms with Crippen molar-refractivity contribution in [1.29, 1.82) is 0 Å². The highest BCUT2D eigenvalue weighted by Gasteiger charge is 2.08. The van der Waals surface area contributed by atoms with E-state index in [1.165, 1.54) is 12.1 Å². The summed E-state index contributed by atoms with van der Waals surface area (Å²) in [5, 5.41) is 14.2. The molecule has 1 atom stereocenters. The van der Waals surface area contributed by atoms with E-state index in [9.17, 15) is 8.78 Å². The summed E-state index contributed by atoms with van der Waals surface area (Å²) in [5.41, 5.74) is 6.02. The van der Waals surface area contributed by atoms with Crippen LogP contribution in [0.5, 0.6) is 5.75 Å². The number of hydrogen-bond donors (Lipinski definition) is 3. The van der Waals surface area contributed by atoms with Gasteiger partial charge in [0.2, 0.25) is 0 Å². The highest BCUT2D eigenvalue weighted by molar-refractivity contribution is 5.87. The number of amidine groups is 1. The molecule has 7 heteroatoms. The Bertz CT molecular complexity index is 382. The zero-order valence-electron chi connectivity index (χ0n) is 9.10. The topological polar surface area (TPSA) is 79.9 Å². The van der Waals surface area contributed by atoms with Crippen molar-refractivity contribution < 1.29 is 18.7 Å². The Kier molecular flexibility index (Phi) is 4.50. The summed E-state index contributed by atoms with van der Waals surface area (Å²) in [6.07, 6.45) is 0. The molecule has 0 aliphatic heterocycles. The summed E-state index contributed by atoms with van der Waals surface area (Å²) in [4.78, 5) is 0. The molecule has 1 rings (SSSR count). The van der Waals surface area contributed by atoms with Crippen LogP contribution in [-0.2, 0) is 0 Å². The van der Waals surface area contributed by atoms with Crippen LogP contribution < -0.4 is 15.8 Å². The smallest absolute Gasteiger partial charge is 0.387 e. The molecule has 1 aromatic carbocycles. The maximum Gasteiger partial charge on any atom is 0.387 e. The lowest BCUT2D eigenvalue weighted by Crippen LogP contribution is -2.32. The summed E-state index contributed by atoms with van der Waals surface area (Å²) in [6, 6.07) is 5.53. The first-order valence-electron chi connectivity index (χ1n) is 4.81. The number of rotatable bonds is 5. The van der Waals surface area contributed by atoms with Gasteiger partial charge < -0.3 is 21.0 Å². The molecule has 0 aliphatic carbocycles. The van der Waals surface area contributed by atoms with Crippen molar-refractivity contribution in [3.8, 4) is 5.75 Å². The molecule has 0 saturated heterocycles. The number of benzene rings is 1. The molecule has 0 fully saturated rings. The summed E-state index contributed by atoms with van der Waals surface area (Å²) in [5.74, 6) is 0.0971. The molecule has 0 aliphatic rings. The third kappa shape index (κ3) is 4.13. The van der Waals surface area contributed by atoms with Gasteiger partial charge in [-0.25, -0.2) is 0 Å². The second kappa shape index (κ2) is 5.88. The standard InChI is InChI=1S/C10H13F2N3O2/c1-6(9(13)15-16)14-7-2-4-8(5-3-7)17-10(11)12/h2-6,10,14,16H,1H3,(H2,13,15). The molecule has 0 spiro atoms. The molecule has 0 amide bonds. The SMILES string of the molecule is CC(Nc1ccc(OC(F)F)cc1)C(N)=NO. The number of nitrogens with zero attached hydrogens (tertiary/aromatic N) is 1. The largest absolute Gasteiger partial charge is 0.435 e. The van der Waals surface area contributed by atoms with Crippen molar-refractivity contribution in [1.82, 2.24) is 0 Å². The third-order valence-corrected chi connectivity index (χ3v) is 2.02. The second-order valence-corrected chi connectivity index (χ2v) is 3.29. The van der Waals surface area contributed by atoms with Crippen molar-refractivity contribution in [2.45, 2.75) is 19.6 Å². The van der Waals surface area contributed by atoms with Crippen LogP contribution in [0.3, 0.4) is 0 Å². The number of nitrogens with one attached hydrogen (secondary N) is 1. The molecular weight excluding hydrogens is 232 g/mol. The van der Waals surface area contributed by atoms with E-state index < -0.39 is 6.61 Å². The van der Waals surface area contributed by atoms with Crippen LogP contribution in [0.1, 0.15) is 6.92 Å². The highest BCUT2D eigenvalue weighted by Crippen LogP contribution is 2.18. The Morgan fingerprint density at radius 1 is 1.41 bits per heavy atom. The summed E-state index contributed by atoms with van der Waals surface area (Å²) in [7, 11) is 0. The molecule has 94 valence electrons. The van der Waals surface area contributed by atoms with Gasteiger partial charge in [0.05, 0.1) is 6.04 Å². The summed E-state index contributed by atoms with van der Waals surface area (Å²) < 4.78 is 28.0. The average Bonchev–Trinajstić information content (AvgIpc) is 2.30. The quantitative estimate of drug-likeness (QED) is 0.320. The van der Waals surface area contributed by atoms with Crippen molar-refractivity contribution in [3.05, 3.63) is 24.3 Å². The zero-order valence-corrected chi connectivity index (χ0v) is 9.10. The van der Waals surface area contributed by atoms with Gasteiger partial charge in [0, 0.05) is 5.69 Å². The number of halogens is 2. The molecule has 5 nitrogen and oxygen atoms in total. The van der Waals surface area contributed by atoms with Crippen LogP contribution in [0.2, 0.25) is 0 Å².